The number of carbonyl (C=O) groups excluding carboxylic acids is 2. The van der Waals surface area contributed by atoms with Crippen molar-refractivity contribution in [1.82, 2.24) is 10.6 Å². The highest BCUT2D eigenvalue weighted by Gasteiger charge is 2.64. The maximum atomic E-state index is 13.3. The third kappa shape index (κ3) is 2.61. The molecule has 2 amide bonds. The van der Waals surface area contributed by atoms with Gasteiger partial charge in [0.2, 0.25) is 5.91 Å². The van der Waals surface area contributed by atoms with E-state index in [4.69, 9.17) is 0 Å². The number of hydrogen-bond acceptors (Lipinski definition) is 3. The zero-order valence-corrected chi connectivity index (χ0v) is 11.0. The summed E-state index contributed by atoms with van der Waals surface area (Å²) in [5.74, 6) is -2.56. The summed E-state index contributed by atoms with van der Waals surface area (Å²) in [4.78, 5) is 26.6. The van der Waals surface area contributed by atoms with Gasteiger partial charge in [-0.15, -0.1) is 0 Å². The van der Waals surface area contributed by atoms with Gasteiger partial charge in [0, 0.05) is 12.0 Å². The average Bonchev–Trinajstić information content (AvgIpc) is 2.78. The summed E-state index contributed by atoms with van der Waals surface area (Å²) >= 11 is 0. The highest BCUT2D eigenvalue weighted by molar-refractivity contribution is 6.16. The van der Waals surface area contributed by atoms with Gasteiger partial charge >= 0.3 is 11.8 Å². The molecule has 0 bridgehead atoms. The molecule has 8 heteroatoms. The van der Waals surface area contributed by atoms with Crippen molar-refractivity contribution in [1.29, 1.82) is 0 Å². The Balaban J connectivity index is 2.48. The summed E-state index contributed by atoms with van der Waals surface area (Å²) in [7, 11) is 0. The molecule has 1 aliphatic rings. The van der Waals surface area contributed by atoms with Crippen LogP contribution in [-0.2, 0) is 9.59 Å². The van der Waals surface area contributed by atoms with Crippen LogP contribution in [0.2, 0.25) is 0 Å². The summed E-state index contributed by atoms with van der Waals surface area (Å²) < 4.78 is 39.8. The van der Waals surface area contributed by atoms with Gasteiger partial charge in [-0.05, 0) is 0 Å². The first-order valence-electron chi connectivity index (χ1n) is 6.14. The van der Waals surface area contributed by atoms with E-state index < -0.39 is 23.7 Å². The number of nitrogens with zero attached hydrogens (tertiary/aromatic N) is 1. The van der Waals surface area contributed by atoms with Crippen molar-refractivity contribution in [2.75, 3.05) is 0 Å². The van der Waals surface area contributed by atoms with Crippen LogP contribution in [0.15, 0.2) is 35.3 Å². The first kappa shape index (κ1) is 15.0. The third-order valence-electron chi connectivity index (χ3n) is 2.94. The van der Waals surface area contributed by atoms with Crippen molar-refractivity contribution in [3.05, 3.63) is 35.9 Å². The van der Waals surface area contributed by atoms with E-state index >= 15 is 0 Å². The number of nitrogens with one attached hydrogen (secondary N) is 2. The second-order valence-electron chi connectivity index (χ2n) is 4.39. The number of hydrogen-bond donors (Lipinski definition) is 2. The Bertz CT molecular complexity index is 598. The van der Waals surface area contributed by atoms with Gasteiger partial charge in [0.05, 0.1) is 0 Å². The topological polar surface area (TPSA) is 70.6 Å². The van der Waals surface area contributed by atoms with Gasteiger partial charge in [-0.3, -0.25) is 9.59 Å². The Morgan fingerprint density at radius 2 is 1.95 bits per heavy atom. The highest BCUT2D eigenvalue weighted by Crippen LogP contribution is 2.35. The van der Waals surface area contributed by atoms with E-state index in [9.17, 15) is 22.8 Å². The van der Waals surface area contributed by atoms with Crippen LogP contribution in [0.5, 0.6) is 0 Å². The molecular formula is C13H12F3N3O2. The van der Waals surface area contributed by atoms with E-state index in [0.717, 1.165) is 0 Å². The van der Waals surface area contributed by atoms with Gasteiger partial charge in [0.1, 0.15) is 5.84 Å². The Hall–Kier alpha value is -2.38. The van der Waals surface area contributed by atoms with Crippen molar-refractivity contribution < 1.29 is 22.8 Å². The first-order valence-corrected chi connectivity index (χ1v) is 6.14. The van der Waals surface area contributed by atoms with Crippen LogP contribution < -0.4 is 10.6 Å². The molecule has 1 aromatic rings. The quantitative estimate of drug-likeness (QED) is 0.884. The SMILES string of the molecule is CCC(=O)N[C@]1(C(F)(F)F)N=C(c2ccccc2)NC1=O. The third-order valence-corrected chi connectivity index (χ3v) is 2.94. The van der Waals surface area contributed by atoms with Gasteiger partial charge in [-0.1, -0.05) is 37.3 Å². The zero-order valence-electron chi connectivity index (χ0n) is 11.0. The number of alkyl halides is 3. The standard InChI is InChI=1S/C13H12F3N3O2/c1-2-9(20)18-12(13(14,15)16)11(21)17-10(19-12)8-6-4-3-5-7-8/h3-7H,2H2,1H3,(H,18,20)(H,17,19,21)/t12-/m0/s1. The summed E-state index contributed by atoms with van der Waals surface area (Å²) in [5.41, 5.74) is -2.95. The van der Waals surface area contributed by atoms with E-state index in [2.05, 4.69) is 10.3 Å². The van der Waals surface area contributed by atoms with Gasteiger partial charge in [0.25, 0.3) is 5.91 Å². The van der Waals surface area contributed by atoms with E-state index in [1.165, 1.54) is 19.1 Å². The summed E-state index contributed by atoms with van der Waals surface area (Å²) in [5, 5.41) is 3.74. The Morgan fingerprint density at radius 1 is 1.33 bits per heavy atom. The van der Waals surface area contributed by atoms with Crippen LogP contribution in [0.1, 0.15) is 18.9 Å². The van der Waals surface area contributed by atoms with Gasteiger partial charge < -0.3 is 10.6 Å². The largest absolute Gasteiger partial charge is 0.442 e. The second kappa shape index (κ2) is 5.19. The summed E-state index contributed by atoms with van der Waals surface area (Å²) in [6, 6.07) is 7.89. The van der Waals surface area contributed by atoms with Crippen molar-refractivity contribution in [2.45, 2.75) is 25.2 Å². The fraction of sp³-hybridized carbons (Fsp3) is 0.308. The van der Waals surface area contributed by atoms with E-state index in [1.54, 1.807) is 23.5 Å². The molecule has 0 saturated carbocycles. The molecule has 112 valence electrons. The van der Waals surface area contributed by atoms with Crippen molar-refractivity contribution in [3.8, 4) is 0 Å². The molecule has 2 rings (SSSR count). The molecule has 1 aromatic carbocycles. The minimum atomic E-state index is -5.04. The number of carbonyl (C=O) groups is 2. The zero-order chi connectivity index (χ0) is 15.7. The fourth-order valence-electron chi connectivity index (χ4n) is 1.82. The smallest absolute Gasteiger partial charge is 0.316 e. The van der Waals surface area contributed by atoms with Gasteiger partial charge in [0.15, 0.2) is 0 Å². The molecule has 0 saturated heterocycles. The van der Waals surface area contributed by atoms with Crippen LogP contribution in [0.3, 0.4) is 0 Å². The van der Waals surface area contributed by atoms with Crippen molar-refractivity contribution >= 4 is 17.6 Å². The number of halogens is 3. The minimum Gasteiger partial charge on any atom is -0.316 e. The molecular weight excluding hydrogens is 287 g/mol. The second-order valence-corrected chi connectivity index (χ2v) is 4.39. The maximum absolute atomic E-state index is 13.3. The molecule has 0 aliphatic carbocycles. The molecule has 1 aliphatic heterocycles. The van der Waals surface area contributed by atoms with E-state index in [-0.39, 0.29) is 12.3 Å². The fourth-order valence-corrected chi connectivity index (χ4v) is 1.82. The Kier molecular flexibility index (Phi) is 3.71. The minimum absolute atomic E-state index is 0.193. The lowest BCUT2D eigenvalue weighted by atomic mass is 10.1. The number of rotatable bonds is 3. The van der Waals surface area contributed by atoms with Crippen LogP contribution in [0.4, 0.5) is 13.2 Å². The predicted octanol–water partition coefficient (Wildman–Crippen LogP) is 1.35. The molecule has 2 N–H and O–H groups in total. The van der Waals surface area contributed by atoms with Crippen LogP contribution in [0, 0.1) is 0 Å². The molecule has 21 heavy (non-hydrogen) atoms. The predicted molar refractivity (Wildman–Crippen MR) is 68.3 cm³/mol. The van der Waals surface area contributed by atoms with Crippen LogP contribution in [0.25, 0.3) is 0 Å². The number of aliphatic imine (C=N–C) groups is 1. The van der Waals surface area contributed by atoms with Crippen LogP contribution >= 0.6 is 0 Å². The normalized spacial score (nSPS) is 21.7. The maximum Gasteiger partial charge on any atom is 0.442 e. The first-order chi connectivity index (χ1) is 9.80. The number of amides is 2. The van der Waals surface area contributed by atoms with E-state index in [0.29, 0.717) is 5.56 Å². The number of amidine groups is 1. The Morgan fingerprint density at radius 3 is 2.48 bits per heavy atom. The lowest BCUT2D eigenvalue weighted by molar-refractivity contribution is -0.196. The molecule has 1 atom stereocenters. The molecule has 0 fully saturated rings. The van der Waals surface area contributed by atoms with Crippen LogP contribution in [-0.4, -0.2) is 29.5 Å². The summed E-state index contributed by atoms with van der Waals surface area (Å²) in [6.45, 7) is 1.38. The van der Waals surface area contributed by atoms with Gasteiger partial charge in [-0.25, -0.2) is 4.99 Å². The highest BCUT2D eigenvalue weighted by atomic mass is 19.4. The van der Waals surface area contributed by atoms with Crippen molar-refractivity contribution in [3.63, 3.8) is 0 Å². The molecule has 0 radical (unpaired) electrons. The lowest BCUT2D eigenvalue weighted by Gasteiger charge is -2.26. The van der Waals surface area contributed by atoms with E-state index in [1.807, 2.05) is 0 Å². The summed E-state index contributed by atoms with van der Waals surface area (Å²) in [6.07, 6.45) is -5.24. The van der Waals surface area contributed by atoms with Gasteiger partial charge in [-0.2, -0.15) is 13.2 Å². The monoisotopic (exact) mass is 299 g/mol. The van der Waals surface area contributed by atoms with Crippen molar-refractivity contribution in [2.24, 2.45) is 4.99 Å². The average molecular weight is 299 g/mol. The molecule has 1 heterocycles. The molecule has 5 nitrogen and oxygen atoms in total. The molecule has 0 unspecified atom stereocenters. The lowest BCUT2D eigenvalue weighted by Crippen LogP contribution is -2.62. The molecule has 0 aromatic heterocycles. The number of benzene rings is 1. The molecule has 0 spiro atoms. The Labute approximate surface area is 118 Å².